The maximum Gasteiger partial charge on any atom is 0.255 e. The van der Waals surface area contributed by atoms with Gasteiger partial charge in [-0.05, 0) is 61.5 Å². The van der Waals surface area contributed by atoms with Crippen molar-refractivity contribution in [1.82, 2.24) is 9.88 Å². The summed E-state index contributed by atoms with van der Waals surface area (Å²) in [6.45, 7) is 6.60. The van der Waals surface area contributed by atoms with E-state index < -0.39 is 0 Å². The Labute approximate surface area is 202 Å². The zero-order chi connectivity index (χ0) is 23.2. The maximum absolute atomic E-state index is 12.4. The van der Waals surface area contributed by atoms with Crippen molar-refractivity contribution in [3.63, 3.8) is 0 Å². The predicted octanol–water partition coefficient (Wildman–Crippen LogP) is 3.66. The molecule has 8 heteroatoms. The lowest BCUT2D eigenvalue weighted by Crippen LogP contribution is -2.39. The number of nitriles is 1. The van der Waals surface area contributed by atoms with E-state index in [9.17, 15) is 10.1 Å². The van der Waals surface area contributed by atoms with E-state index in [1.807, 2.05) is 31.2 Å². The van der Waals surface area contributed by atoms with Gasteiger partial charge in [-0.2, -0.15) is 5.26 Å². The van der Waals surface area contributed by atoms with Crippen LogP contribution in [0.4, 0.5) is 11.4 Å². The molecule has 2 N–H and O–H groups in total. The number of anilines is 2. The first-order valence-electron chi connectivity index (χ1n) is 11.8. The molecule has 0 amide bonds. The Morgan fingerprint density at radius 2 is 2.26 bits per heavy atom. The van der Waals surface area contributed by atoms with Crippen molar-refractivity contribution in [1.29, 1.82) is 5.26 Å². The molecule has 2 fully saturated rings. The number of likely N-dealkylation sites (tertiary alicyclic amines) is 1. The van der Waals surface area contributed by atoms with Gasteiger partial charge in [-0.1, -0.05) is 6.07 Å². The first kappa shape index (κ1) is 21.5. The normalized spacial score (nSPS) is 21.2. The second kappa shape index (κ2) is 8.66. The summed E-state index contributed by atoms with van der Waals surface area (Å²) in [4.78, 5) is 18.7. The maximum atomic E-state index is 12.4. The van der Waals surface area contributed by atoms with Gasteiger partial charge in [0.2, 0.25) is 0 Å². The van der Waals surface area contributed by atoms with Crippen molar-refractivity contribution >= 4 is 34.1 Å². The summed E-state index contributed by atoms with van der Waals surface area (Å²) in [6.07, 6.45) is 4.27. The first-order chi connectivity index (χ1) is 16.6. The number of fused-ring (bicyclic) bond motifs is 4. The van der Waals surface area contributed by atoms with Gasteiger partial charge in [-0.25, -0.2) is 0 Å². The molecule has 7 nitrogen and oxygen atoms in total. The quantitative estimate of drug-likeness (QED) is 0.529. The van der Waals surface area contributed by atoms with Crippen molar-refractivity contribution in [2.45, 2.75) is 36.8 Å². The summed E-state index contributed by atoms with van der Waals surface area (Å²) < 4.78 is 7.97. The van der Waals surface area contributed by atoms with E-state index in [1.54, 1.807) is 18.1 Å². The van der Waals surface area contributed by atoms with Gasteiger partial charge < -0.3 is 19.3 Å². The molecule has 0 radical (unpaired) electrons. The summed E-state index contributed by atoms with van der Waals surface area (Å²) in [6, 6.07) is 12.7. The number of benzene rings is 2. The number of hydrogen-bond donors (Lipinski definition) is 2. The lowest BCUT2D eigenvalue weighted by Gasteiger charge is -2.27. The number of ether oxygens (including phenoxy) is 1. The molecule has 2 atom stereocenters. The van der Waals surface area contributed by atoms with Gasteiger partial charge in [0.05, 0.1) is 30.0 Å². The fraction of sp³-hybridized carbons (Fsp3) is 0.385. The van der Waals surface area contributed by atoms with Gasteiger partial charge in [0.25, 0.3) is 5.56 Å². The average Bonchev–Trinajstić information content (AvgIpc) is 3.58. The minimum atomic E-state index is -0.0686. The molecule has 0 saturated carbocycles. The highest BCUT2D eigenvalue weighted by atomic mass is 32.2. The van der Waals surface area contributed by atoms with E-state index in [0.29, 0.717) is 23.1 Å². The summed E-state index contributed by atoms with van der Waals surface area (Å²) >= 11 is 1.65. The number of morpholine rings is 1. The Bertz CT molecular complexity index is 1360. The second-order valence-electron chi connectivity index (χ2n) is 9.32. The van der Waals surface area contributed by atoms with Crippen molar-refractivity contribution in [2.24, 2.45) is 0 Å². The Kier molecular flexibility index (Phi) is 5.48. The molecule has 3 aliphatic rings. The van der Waals surface area contributed by atoms with Crippen LogP contribution in [-0.2, 0) is 11.2 Å². The number of nitrogens with zero attached hydrogens (tertiary/aromatic N) is 3. The Morgan fingerprint density at radius 1 is 1.35 bits per heavy atom. The van der Waals surface area contributed by atoms with Crippen molar-refractivity contribution in [3.8, 4) is 6.07 Å². The molecule has 174 valence electrons. The zero-order valence-electron chi connectivity index (χ0n) is 19.1. The molecule has 2 saturated heterocycles. The van der Waals surface area contributed by atoms with Crippen LogP contribution in [0.3, 0.4) is 0 Å². The minimum Gasteiger partial charge on any atom is -0.383 e. The third kappa shape index (κ3) is 3.74. The molecule has 2 bridgehead atoms. The van der Waals surface area contributed by atoms with E-state index in [1.165, 1.54) is 5.56 Å². The SMILES string of the molecule is Cc1c[nH]c(=O)c2cccc(SN3CCc4c(NCCN5C[C@@H]6C[C@H]5CO6)cc(C#N)cc43)c12. The molecule has 0 aliphatic carbocycles. The van der Waals surface area contributed by atoms with Crippen molar-refractivity contribution in [2.75, 3.05) is 42.4 Å². The highest BCUT2D eigenvalue weighted by Crippen LogP contribution is 2.42. The van der Waals surface area contributed by atoms with Gasteiger partial charge in [0.15, 0.2) is 0 Å². The highest BCUT2D eigenvalue weighted by molar-refractivity contribution is 8.00. The number of rotatable bonds is 6. The van der Waals surface area contributed by atoms with E-state index >= 15 is 0 Å². The van der Waals surface area contributed by atoms with E-state index in [-0.39, 0.29) is 5.56 Å². The molecular weight excluding hydrogens is 446 g/mol. The molecule has 3 aliphatic heterocycles. The number of H-pyrrole nitrogens is 1. The van der Waals surface area contributed by atoms with E-state index in [2.05, 4.69) is 31.6 Å². The molecule has 0 spiro atoms. The number of hydrogen-bond acceptors (Lipinski definition) is 7. The van der Waals surface area contributed by atoms with Crippen LogP contribution in [0.25, 0.3) is 10.8 Å². The number of nitrogens with one attached hydrogen (secondary N) is 2. The van der Waals surface area contributed by atoms with Crippen LogP contribution in [0.15, 0.2) is 46.2 Å². The molecule has 6 rings (SSSR count). The summed E-state index contributed by atoms with van der Waals surface area (Å²) in [7, 11) is 0. The molecule has 3 aromatic rings. The fourth-order valence-electron chi connectivity index (χ4n) is 5.53. The van der Waals surface area contributed by atoms with Gasteiger partial charge in [-0.15, -0.1) is 0 Å². The number of pyridine rings is 1. The third-order valence-electron chi connectivity index (χ3n) is 7.21. The van der Waals surface area contributed by atoms with E-state index in [0.717, 1.165) is 72.8 Å². The summed E-state index contributed by atoms with van der Waals surface area (Å²) in [5, 5.41) is 15.0. The van der Waals surface area contributed by atoms with E-state index in [4.69, 9.17) is 4.74 Å². The number of aromatic nitrogens is 1. The topological polar surface area (TPSA) is 84.4 Å². The Morgan fingerprint density at radius 3 is 3.06 bits per heavy atom. The number of aryl methyl sites for hydroxylation is 1. The van der Waals surface area contributed by atoms with Crippen LogP contribution >= 0.6 is 11.9 Å². The molecule has 1 aromatic heterocycles. The van der Waals surface area contributed by atoms with Crippen LogP contribution < -0.4 is 15.2 Å². The van der Waals surface area contributed by atoms with Crippen LogP contribution in [-0.4, -0.2) is 54.8 Å². The van der Waals surface area contributed by atoms with Gasteiger partial charge in [-0.3, -0.25) is 9.69 Å². The largest absolute Gasteiger partial charge is 0.383 e. The fourth-order valence-corrected chi connectivity index (χ4v) is 6.71. The van der Waals surface area contributed by atoms with Gasteiger partial charge >= 0.3 is 0 Å². The molecule has 4 heterocycles. The van der Waals surface area contributed by atoms with Crippen LogP contribution in [0.2, 0.25) is 0 Å². The Hall–Kier alpha value is -2.99. The van der Waals surface area contributed by atoms with Crippen molar-refractivity contribution in [3.05, 3.63) is 63.6 Å². The summed E-state index contributed by atoms with van der Waals surface area (Å²) in [5.74, 6) is 0. The molecule has 2 aromatic carbocycles. The first-order valence-corrected chi connectivity index (χ1v) is 12.6. The lowest BCUT2D eigenvalue weighted by atomic mass is 10.1. The van der Waals surface area contributed by atoms with Crippen molar-refractivity contribution < 1.29 is 4.74 Å². The molecule has 34 heavy (non-hydrogen) atoms. The lowest BCUT2D eigenvalue weighted by molar-refractivity contribution is 0.0324. The monoisotopic (exact) mass is 473 g/mol. The predicted molar refractivity (Wildman–Crippen MR) is 136 cm³/mol. The second-order valence-corrected chi connectivity index (χ2v) is 10.4. The molecule has 0 unspecified atom stereocenters. The average molecular weight is 474 g/mol. The highest BCUT2D eigenvalue weighted by Gasteiger charge is 2.38. The standard InChI is InChI=1S/C26H27N5O2S/c1-16-13-29-26(32)21-3-2-4-24(25(16)21)34-31-7-5-20-22(9-17(12-27)10-23(20)31)28-6-8-30-14-19-11-18(30)15-33-19/h2-4,9-10,13,18-19,28H,5-8,11,14-15H2,1H3,(H,29,32)/t18-,19-/m0/s1. The Balaban J connectivity index is 1.25. The van der Waals surface area contributed by atoms with Crippen LogP contribution in [0.1, 0.15) is 23.1 Å². The van der Waals surface area contributed by atoms with Crippen LogP contribution in [0.5, 0.6) is 0 Å². The van der Waals surface area contributed by atoms with Gasteiger partial charge in [0.1, 0.15) is 0 Å². The summed E-state index contributed by atoms with van der Waals surface area (Å²) in [5.41, 5.74) is 5.04. The van der Waals surface area contributed by atoms with Crippen LogP contribution in [0, 0.1) is 18.3 Å². The molecular formula is C26H27N5O2S. The third-order valence-corrected chi connectivity index (χ3v) is 8.35. The van der Waals surface area contributed by atoms with Gasteiger partial charge in [0, 0.05) is 65.3 Å². The number of aromatic amines is 1. The smallest absolute Gasteiger partial charge is 0.255 e. The zero-order valence-corrected chi connectivity index (χ0v) is 20.0. The minimum absolute atomic E-state index is 0.0686.